The molecule has 4 saturated carbocycles. The van der Waals surface area contributed by atoms with E-state index < -0.39 is 47.1 Å². The predicted molar refractivity (Wildman–Crippen MR) is 92.9 cm³/mol. The number of aliphatic hydroxyl groups is 5. The van der Waals surface area contributed by atoms with Crippen molar-refractivity contribution in [1.82, 2.24) is 0 Å². The zero-order valence-electron chi connectivity index (χ0n) is 15.8. The van der Waals surface area contributed by atoms with E-state index in [-0.39, 0.29) is 42.5 Å². The fourth-order valence-electron chi connectivity index (χ4n) is 7.74. The first-order chi connectivity index (χ1) is 12.1. The van der Waals surface area contributed by atoms with Gasteiger partial charge in [-0.15, -0.1) is 0 Å². The van der Waals surface area contributed by atoms with Crippen LogP contribution in [0.1, 0.15) is 46.5 Å². The molecule has 6 nitrogen and oxygen atoms in total. The maximum absolute atomic E-state index is 13.3. The van der Waals surface area contributed by atoms with Gasteiger partial charge in [-0.1, -0.05) is 20.8 Å². The molecule has 6 heteroatoms. The Morgan fingerprint density at radius 3 is 2.35 bits per heavy atom. The number of rotatable bonds is 1. The molecule has 0 radical (unpaired) electrons. The molecular formula is C20H32O6. The third kappa shape index (κ3) is 1.83. The van der Waals surface area contributed by atoms with Crippen LogP contribution in [-0.4, -0.2) is 62.3 Å². The summed E-state index contributed by atoms with van der Waals surface area (Å²) < 4.78 is 0. The first kappa shape index (κ1) is 18.8. The van der Waals surface area contributed by atoms with Gasteiger partial charge in [0, 0.05) is 17.3 Å². The third-order valence-electron chi connectivity index (χ3n) is 8.93. The lowest BCUT2D eigenvalue weighted by Crippen LogP contribution is -2.74. The summed E-state index contributed by atoms with van der Waals surface area (Å²) in [5.74, 6) is -2.13. The van der Waals surface area contributed by atoms with Crippen LogP contribution in [0.2, 0.25) is 0 Å². The molecule has 0 aromatic rings. The van der Waals surface area contributed by atoms with Crippen LogP contribution in [0.5, 0.6) is 0 Å². The highest BCUT2D eigenvalue weighted by Crippen LogP contribution is 2.71. The van der Waals surface area contributed by atoms with Crippen molar-refractivity contribution >= 4 is 5.78 Å². The van der Waals surface area contributed by atoms with Gasteiger partial charge >= 0.3 is 0 Å². The summed E-state index contributed by atoms with van der Waals surface area (Å²) in [5, 5.41) is 54.9. The predicted octanol–water partition coefficient (Wildman–Crippen LogP) is 0.0899. The summed E-state index contributed by atoms with van der Waals surface area (Å²) in [6.07, 6.45) is -2.21. The molecule has 4 aliphatic rings. The number of aliphatic hydroxyl groups excluding tert-OH is 5. The zero-order valence-corrected chi connectivity index (χ0v) is 15.8. The van der Waals surface area contributed by atoms with Crippen molar-refractivity contribution in [2.24, 2.45) is 39.9 Å². The molecule has 0 aliphatic heterocycles. The molecule has 4 fully saturated rings. The van der Waals surface area contributed by atoms with E-state index in [2.05, 4.69) is 13.8 Å². The summed E-state index contributed by atoms with van der Waals surface area (Å²) in [4.78, 5) is 13.3. The highest BCUT2D eigenvalue weighted by atomic mass is 16.3. The van der Waals surface area contributed by atoms with Gasteiger partial charge in [0.1, 0.15) is 5.78 Å². The number of fused-ring (bicyclic) bond motifs is 3. The van der Waals surface area contributed by atoms with Crippen molar-refractivity contribution in [2.75, 3.05) is 6.61 Å². The molecule has 4 rings (SSSR count). The van der Waals surface area contributed by atoms with Gasteiger partial charge in [0.15, 0.2) is 0 Å². The topological polar surface area (TPSA) is 118 Å². The van der Waals surface area contributed by atoms with E-state index in [4.69, 9.17) is 0 Å². The number of Topliss-reactive ketones (excluding diaryl/α,β-unsaturated/α-hetero) is 1. The lowest BCUT2D eigenvalue weighted by atomic mass is 9.38. The molecule has 0 saturated heterocycles. The van der Waals surface area contributed by atoms with Crippen LogP contribution in [0.3, 0.4) is 0 Å². The number of hydrogen-bond donors (Lipinski definition) is 5. The average Bonchev–Trinajstić information content (AvgIpc) is 2.70. The molecule has 10 atom stereocenters. The van der Waals surface area contributed by atoms with E-state index in [1.54, 1.807) is 6.92 Å². The minimum Gasteiger partial charge on any atom is -0.396 e. The monoisotopic (exact) mass is 368 g/mol. The van der Waals surface area contributed by atoms with Crippen molar-refractivity contribution < 1.29 is 30.3 Å². The van der Waals surface area contributed by atoms with Gasteiger partial charge in [0.25, 0.3) is 0 Å². The number of carbonyl (C=O) groups excluding carboxylic acids is 1. The summed E-state index contributed by atoms with van der Waals surface area (Å²) >= 11 is 0. The lowest BCUT2D eigenvalue weighted by molar-refractivity contribution is -0.288. The quantitative estimate of drug-likeness (QED) is 0.448. The van der Waals surface area contributed by atoms with Crippen molar-refractivity contribution in [3.63, 3.8) is 0 Å². The fourth-order valence-corrected chi connectivity index (χ4v) is 7.74. The molecule has 0 aromatic carbocycles. The van der Waals surface area contributed by atoms with Crippen LogP contribution in [0.4, 0.5) is 0 Å². The number of carbonyl (C=O) groups is 1. The van der Waals surface area contributed by atoms with Crippen molar-refractivity contribution in [3.8, 4) is 0 Å². The smallest absolute Gasteiger partial charge is 0.147 e. The van der Waals surface area contributed by atoms with Crippen LogP contribution in [0, 0.1) is 39.9 Å². The first-order valence-electron chi connectivity index (χ1n) is 9.94. The second-order valence-electron chi connectivity index (χ2n) is 10.1. The van der Waals surface area contributed by atoms with Gasteiger partial charge in [-0.05, 0) is 42.9 Å². The average molecular weight is 368 g/mol. The minimum absolute atomic E-state index is 0.217. The second kappa shape index (κ2) is 5.51. The van der Waals surface area contributed by atoms with Crippen LogP contribution in [0.25, 0.3) is 0 Å². The normalized spacial score (nSPS) is 58.2. The van der Waals surface area contributed by atoms with Gasteiger partial charge in [0.2, 0.25) is 0 Å². The molecule has 0 heterocycles. The SMILES string of the molecule is CC1C(=O)C23C(O)CC4C(C)(C)CCC(O)C4(CO)C2C(O)CC1C3O. The Morgan fingerprint density at radius 2 is 1.73 bits per heavy atom. The van der Waals surface area contributed by atoms with Crippen LogP contribution in [-0.2, 0) is 4.79 Å². The number of hydrogen-bond acceptors (Lipinski definition) is 6. The van der Waals surface area contributed by atoms with E-state index in [1.807, 2.05) is 0 Å². The van der Waals surface area contributed by atoms with Gasteiger partial charge < -0.3 is 25.5 Å². The Balaban J connectivity index is 1.97. The molecule has 0 aromatic heterocycles. The zero-order chi connectivity index (χ0) is 19.2. The van der Waals surface area contributed by atoms with E-state index in [0.29, 0.717) is 6.42 Å². The second-order valence-corrected chi connectivity index (χ2v) is 10.1. The molecule has 10 unspecified atom stereocenters. The Morgan fingerprint density at radius 1 is 1.08 bits per heavy atom. The van der Waals surface area contributed by atoms with Crippen LogP contribution in [0.15, 0.2) is 0 Å². The number of ketones is 1. The van der Waals surface area contributed by atoms with Gasteiger partial charge in [-0.25, -0.2) is 0 Å². The maximum atomic E-state index is 13.3. The standard InChI is InChI=1S/C20H32O6/c1-9-10-6-11(22)15-19(8-21)12(18(2,3)5-4-13(19)23)7-14(24)20(15,16(9)25)17(10)26/h9-15,17,21-24,26H,4-8H2,1-3H3. The molecule has 148 valence electrons. The highest BCUT2D eigenvalue weighted by Gasteiger charge is 2.78. The van der Waals surface area contributed by atoms with Gasteiger partial charge in [0.05, 0.1) is 36.4 Å². The van der Waals surface area contributed by atoms with Gasteiger partial charge in [-0.2, -0.15) is 0 Å². The van der Waals surface area contributed by atoms with Crippen LogP contribution >= 0.6 is 0 Å². The molecule has 1 spiro atoms. The summed E-state index contributed by atoms with van der Waals surface area (Å²) in [7, 11) is 0. The molecular weight excluding hydrogens is 336 g/mol. The largest absolute Gasteiger partial charge is 0.396 e. The highest BCUT2D eigenvalue weighted by molar-refractivity contribution is 5.92. The first-order valence-corrected chi connectivity index (χ1v) is 9.94. The Labute approximate surface area is 154 Å². The van der Waals surface area contributed by atoms with E-state index >= 15 is 0 Å². The Kier molecular flexibility index (Phi) is 3.99. The molecule has 4 aliphatic carbocycles. The molecule has 5 N–H and O–H groups in total. The fraction of sp³-hybridized carbons (Fsp3) is 0.950. The van der Waals surface area contributed by atoms with E-state index in [1.165, 1.54) is 0 Å². The summed E-state index contributed by atoms with van der Waals surface area (Å²) in [5.41, 5.74) is -2.83. The molecule has 26 heavy (non-hydrogen) atoms. The maximum Gasteiger partial charge on any atom is 0.147 e. The van der Waals surface area contributed by atoms with Crippen LogP contribution < -0.4 is 0 Å². The third-order valence-corrected chi connectivity index (χ3v) is 8.93. The van der Waals surface area contributed by atoms with Crippen molar-refractivity contribution in [3.05, 3.63) is 0 Å². The summed E-state index contributed by atoms with van der Waals surface area (Å²) in [6, 6.07) is 0. The van der Waals surface area contributed by atoms with E-state index in [9.17, 15) is 30.3 Å². The molecule has 0 amide bonds. The lowest BCUT2D eigenvalue weighted by Gasteiger charge is -2.67. The van der Waals surface area contributed by atoms with E-state index in [0.717, 1.165) is 6.42 Å². The Hall–Kier alpha value is -0.530. The van der Waals surface area contributed by atoms with Crippen molar-refractivity contribution in [2.45, 2.75) is 70.9 Å². The summed E-state index contributed by atoms with van der Waals surface area (Å²) in [6.45, 7) is 5.52. The van der Waals surface area contributed by atoms with Gasteiger partial charge in [-0.3, -0.25) is 4.79 Å². The molecule has 2 bridgehead atoms. The Bertz CT molecular complexity index is 619. The van der Waals surface area contributed by atoms with Crippen molar-refractivity contribution in [1.29, 1.82) is 0 Å². The minimum atomic E-state index is -1.49.